The standard InChI is InChI=1S/C28H28NO4PS/c1-19(2)24-25(31)29(27(24)35-20(3)30)26(28(32)33)34(21-13-7-4-8-14-21,22-15-9-5-10-16-22)23-17-11-6-12-18-23/h4-19,24,27H,1-3H3,(H,32,33). The van der Waals surface area contributed by atoms with Crippen molar-refractivity contribution in [2.24, 2.45) is 11.8 Å². The topological polar surface area (TPSA) is 74.7 Å². The predicted octanol–water partition coefficient (Wildman–Crippen LogP) is 3.92. The van der Waals surface area contributed by atoms with E-state index in [-0.39, 0.29) is 22.4 Å². The van der Waals surface area contributed by atoms with Crippen molar-refractivity contribution in [3.05, 3.63) is 91.0 Å². The number of hydrogen-bond donors (Lipinski definition) is 1. The van der Waals surface area contributed by atoms with Gasteiger partial charge in [0.2, 0.25) is 5.91 Å². The summed E-state index contributed by atoms with van der Waals surface area (Å²) in [4.78, 5) is 40.5. The monoisotopic (exact) mass is 505 g/mol. The lowest BCUT2D eigenvalue weighted by Gasteiger charge is -2.50. The van der Waals surface area contributed by atoms with Gasteiger partial charge in [0.25, 0.3) is 0 Å². The summed E-state index contributed by atoms with van der Waals surface area (Å²) in [6.07, 6.45) is 0. The van der Waals surface area contributed by atoms with Crippen molar-refractivity contribution >= 4 is 57.0 Å². The maximum absolute atomic E-state index is 13.6. The van der Waals surface area contributed by atoms with Gasteiger partial charge in [0, 0.05) is 13.8 Å². The molecule has 0 spiro atoms. The van der Waals surface area contributed by atoms with Crippen LogP contribution in [0.5, 0.6) is 0 Å². The molecule has 0 radical (unpaired) electrons. The first-order valence-corrected chi connectivity index (χ1v) is 14.1. The Morgan fingerprint density at radius 2 is 1.23 bits per heavy atom. The lowest BCUT2D eigenvalue weighted by Crippen LogP contribution is -2.65. The second-order valence-corrected chi connectivity index (χ2v) is 13.4. The summed E-state index contributed by atoms with van der Waals surface area (Å²) in [6.45, 7) is 2.30. The summed E-state index contributed by atoms with van der Waals surface area (Å²) in [6, 6.07) is 28.7. The molecule has 1 aliphatic rings. The van der Waals surface area contributed by atoms with Gasteiger partial charge in [-0.3, -0.25) is 14.5 Å². The first-order valence-electron chi connectivity index (χ1n) is 11.5. The summed E-state index contributed by atoms with van der Waals surface area (Å²) in [5, 5.41) is 12.6. The Balaban J connectivity index is 2.19. The fraction of sp³-hybridized carbons (Fsp3) is 0.214. The van der Waals surface area contributed by atoms with Crippen LogP contribution in [0.25, 0.3) is 0 Å². The van der Waals surface area contributed by atoms with Gasteiger partial charge in [-0.25, -0.2) is 4.79 Å². The highest BCUT2D eigenvalue weighted by Crippen LogP contribution is 2.51. The van der Waals surface area contributed by atoms with E-state index in [2.05, 4.69) is 0 Å². The molecule has 3 aromatic carbocycles. The van der Waals surface area contributed by atoms with Crippen LogP contribution in [0, 0.1) is 11.8 Å². The molecule has 2 unspecified atom stereocenters. The molecule has 1 saturated heterocycles. The van der Waals surface area contributed by atoms with Crippen LogP contribution in [0.2, 0.25) is 0 Å². The molecule has 0 saturated carbocycles. The highest BCUT2D eigenvalue weighted by molar-refractivity contribution is 8.14. The number of thioether (sulfide) groups is 1. The maximum Gasteiger partial charge on any atom is 0.353 e. The molecular weight excluding hydrogens is 477 g/mol. The number of β-lactam (4-membered cyclic amide) rings is 1. The van der Waals surface area contributed by atoms with Gasteiger partial charge < -0.3 is 5.11 Å². The van der Waals surface area contributed by atoms with E-state index in [1.54, 1.807) is 0 Å². The number of carboxylic acids is 1. The number of aliphatic carboxylic acids is 1. The third kappa shape index (κ3) is 4.37. The maximum atomic E-state index is 13.6. The third-order valence-corrected chi connectivity index (χ3v) is 11.6. The summed E-state index contributed by atoms with van der Waals surface area (Å²) in [5.74, 6) is -1.85. The molecule has 0 bridgehead atoms. The Bertz CT molecular complexity index is 1190. The van der Waals surface area contributed by atoms with Crippen LogP contribution in [0.15, 0.2) is 91.0 Å². The lowest BCUT2D eigenvalue weighted by molar-refractivity contribution is -0.148. The van der Waals surface area contributed by atoms with Crippen LogP contribution in [0.1, 0.15) is 20.8 Å². The molecular formula is C28H28NO4PS. The number of benzene rings is 3. The average Bonchev–Trinajstić information content (AvgIpc) is 2.85. The van der Waals surface area contributed by atoms with Crippen molar-refractivity contribution in [2.45, 2.75) is 26.1 Å². The number of carboxylic acid groups (broad SMARTS) is 1. The smallest absolute Gasteiger partial charge is 0.353 e. The number of nitrogens with zero attached hydrogens (tertiary/aromatic N) is 1. The Kier molecular flexibility index (Phi) is 7.34. The summed E-state index contributed by atoms with van der Waals surface area (Å²) in [5.41, 5.74) is 0.0433. The fourth-order valence-corrected chi connectivity index (χ4v) is 10.4. The number of likely N-dealkylation sites (tertiary alicyclic amines) is 1. The van der Waals surface area contributed by atoms with Crippen LogP contribution >= 0.6 is 18.6 Å². The summed E-state index contributed by atoms with van der Waals surface area (Å²) >= 11 is 1.04. The molecule has 5 nitrogen and oxygen atoms in total. The van der Waals surface area contributed by atoms with Gasteiger partial charge in [0.15, 0.2) is 5.12 Å². The number of carbonyl (C=O) groups excluding carboxylic acids is 2. The number of amides is 1. The Morgan fingerprint density at radius 3 is 1.54 bits per heavy atom. The SMILES string of the molecule is CC(=O)SC1C(C(C)C)C(=O)N1C(C(=O)O)=P(c1ccccc1)(c1ccccc1)c1ccccc1. The van der Waals surface area contributed by atoms with Crippen LogP contribution in [-0.2, 0) is 14.4 Å². The van der Waals surface area contributed by atoms with E-state index in [4.69, 9.17) is 0 Å². The van der Waals surface area contributed by atoms with Crippen molar-refractivity contribution in [3.63, 3.8) is 0 Å². The first-order chi connectivity index (χ1) is 16.8. The van der Waals surface area contributed by atoms with Gasteiger partial charge in [-0.15, -0.1) is 0 Å². The fourth-order valence-electron chi connectivity index (χ4n) is 4.80. The third-order valence-electron chi connectivity index (χ3n) is 6.26. The minimum absolute atomic E-state index is 0.0245. The van der Waals surface area contributed by atoms with E-state index in [1.165, 1.54) is 11.8 Å². The summed E-state index contributed by atoms with van der Waals surface area (Å²) < 4.78 is 0. The van der Waals surface area contributed by atoms with Crippen LogP contribution in [0.4, 0.5) is 0 Å². The lowest BCUT2D eigenvalue weighted by atomic mass is 9.87. The van der Waals surface area contributed by atoms with Gasteiger partial charge in [0.1, 0.15) is 10.8 Å². The predicted molar refractivity (Wildman–Crippen MR) is 145 cm³/mol. The number of rotatable bonds is 7. The normalized spacial score (nSPS) is 17.7. The molecule has 1 N–H and O–H groups in total. The quantitative estimate of drug-likeness (QED) is 0.389. The van der Waals surface area contributed by atoms with Gasteiger partial charge in [-0.2, -0.15) is 0 Å². The zero-order valence-corrected chi connectivity index (χ0v) is 21.6. The molecule has 7 heteroatoms. The molecule has 1 aliphatic heterocycles. The highest BCUT2D eigenvalue weighted by atomic mass is 32.2. The zero-order chi connectivity index (χ0) is 25.2. The highest BCUT2D eigenvalue weighted by Gasteiger charge is 2.55. The Labute approximate surface area is 210 Å². The largest absolute Gasteiger partial charge is 0.477 e. The van der Waals surface area contributed by atoms with E-state index >= 15 is 0 Å². The molecule has 0 aliphatic carbocycles. The van der Waals surface area contributed by atoms with Crippen molar-refractivity contribution in [1.82, 2.24) is 4.90 Å². The number of carbonyl (C=O) groups is 3. The number of hydrogen-bond acceptors (Lipinski definition) is 4. The van der Waals surface area contributed by atoms with Crippen molar-refractivity contribution in [2.75, 3.05) is 0 Å². The first kappa shape index (κ1) is 25.0. The van der Waals surface area contributed by atoms with Gasteiger partial charge >= 0.3 is 5.97 Å². The van der Waals surface area contributed by atoms with E-state index in [0.717, 1.165) is 27.7 Å². The van der Waals surface area contributed by atoms with Gasteiger partial charge in [-0.05, 0) is 21.8 Å². The van der Waals surface area contributed by atoms with Crippen LogP contribution < -0.4 is 15.9 Å². The van der Waals surface area contributed by atoms with Gasteiger partial charge in [0.05, 0.1) is 5.92 Å². The second-order valence-electron chi connectivity index (χ2n) is 8.78. The molecule has 35 heavy (non-hydrogen) atoms. The van der Waals surface area contributed by atoms with Crippen molar-refractivity contribution < 1.29 is 19.5 Å². The van der Waals surface area contributed by atoms with E-state index < -0.39 is 24.1 Å². The molecule has 0 aromatic heterocycles. The zero-order valence-electron chi connectivity index (χ0n) is 19.9. The van der Waals surface area contributed by atoms with Crippen LogP contribution in [0.3, 0.4) is 0 Å². The van der Waals surface area contributed by atoms with Crippen molar-refractivity contribution in [3.8, 4) is 0 Å². The molecule has 180 valence electrons. The molecule has 4 rings (SSSR count). The van der Waals surface area contributed by atoms with Crippen molar-refractivity contribution in [1.29, 1.82) is 0 Å². The molecule has 1 fully saturated rings. The molecule has 1 heterocycles. The molecule has 2 atom stereocenters. The average molecular weight is 506 g/mol. The summed E-state index contributed by atoms with van der Waals surface area (Å²) in [7, 11) is 0. The minimum atomic E-state index is -3.02. The molecule has 1 amide bonds. The molecule has 3 aromatic rings. The van der Waals surface area contributed by atoms with E-state index in [1.807, 2.05) is 105 Å². The van der Waals surface area contributed by atoms with E-state index in [9.17, 15) is 19.5 Å². The van der Waals surface area contributed by atoms with E-state index in [0.29, 0.717) is 0 Å². The van der Waals surface area contributed by atoms with Crippen LogP contribution in [-0.4, -0.2) is 37.8 Å². The minimum Gasteiger partial charge on any atom is -0.477 e. The second kappa shape index (κ2) is 10.3. The Morgan fingerprint density at radius 1 is 0.829 bits per heavy atom. The Hall–Kier alpha value is -3.08. The van der Waals surface area contributed by atoms with Gasteiger partial charge in [-0.1, -0.05) is 117 Å².